The van der Waals surface area contributed by atoms with Crippen LogP contribution in [0, 0.1) is 0 Å². The van der Waals surface area contributed by atoms with Crippen LogP contribution < -0.4 is 0 Å². The molecule has 2 aliphatic rings. The van der Waals surface area contributed by atoms with E-state index in [9.17, 15) is 4.79 Å². The Morgan fingerprint density at radius 2 is 2.23 bits per heavy atom. The fourth-order valence-corrected chi connectivity index (χ4v) is 3.97. The number of rotatable bonds is 4. The van der Waals surface area contributed by atoms with E-state index in [0.717, 1.165) is 50.5 Å². The van der Waals surface area contributed by atoms with Crippen molar-refractivity contribution in [3.63, 3.8) is 0 Å². The van der Waals surface area contributed by atoms with Gasteiger partial charge < -0.3 is 19.3 Å². The predicted molar refractivity (Wildman–Crippen MR) is 86.5 cm³/mol. The molecule has 0 unspecified atom stereocenters. The van der Waals surface area contributed by atoms with Gasteiger partial charge in [-0.2, -0.15) is 0 Å². The van der Waals surface area contributed by atoms with Crippen LogP contribution in [0.4, 0.5) is 0 Å². The molecular weight excluding hydrogens is 300 g/mol. The maximum absolute atomic E-state index is 12.5. The van der Waals surface area contributed by atoms with Crippen LogP contribution in [-0.4, -0.2) is 74.4 Å². The first-order valence-electron chi connectivity index (χ1n) is 7.90. The van der Waals surface area contributed by atoms with Crippen LogP contribution in [0.15, 0.2) is 17.5 Å². The number of piperidine rings is 1. The van der Waals surface area contributed by atoms with Gasteiger partial charge in [-0.15, -0.1) is 11.3 Å². The van der Waals surface area contributed by atoms with Gasteiger partial charge in [-0.25, -0.2) is 0 Å². The van der Waals surface area contributed by atoms with Crippen LogP contribution in [0.1, 0.15) is 22.5 Å². The molecule has 0 atom stereocenters. The third kappa shape index (κ3) is 3.51. The summed E-state index contributed by atoms with van der Waals surface area (Å²) in [6, 6.07) is 3.84. The van der Waals surface area contributed by atoms with E-state index in [-0.39, 0.29) is 11.5 Å². The Bertz CT molecular complexity index is 484. The third-order valence-corrected chi connectivity index (χ3v) is 5.50. The lowest BCUT2D eigenvalue weighted by Gasteiger charge is -2.47. The minimum absolute atomic E-state index is 0.144. The van der Waals surface area contributed by atoms with E-state index in [2.05, 4.69) is 4.90 Å². The largest absolute Gasteiger partial charge is 0.383 e. The molecule has 1 spiro atoms. The molecule has 0 bridgehead atoms. The van der Waals surface area contributed by atoms with E-state index in [1.54, 1.807) is 7.11 Å². The van der Waals surface area contributed by atoms with Crippen molar-refractivity contribution in [1.29, 1.82) is 0 Å². The van der Waals surface area contributed by atoms with Crippen molar-refractivity contribution < 1.29 is 14.3 Å². The van der Waals surface area contributed by atoms with Gasteiger partial charge in [-0.1, -0.05) is 6.07 Å². The summed E-state index contributed by atoms with van der Waals surface area (Å²) in [7, 11) is 1.74. The molecule has 2 fully saturated rings. The van der Waals surface area contributed by atoms with Crippen LogP contribution in [0.3, 0.4) is 0 Å². The van der Waals surface area contributed by atoms with Crippen molar-refractivity contribution in [2.45, 2.75) is 18.4 Å². The van der Waals surface area contributed by atoms with Gasteiger partial charge in [0.2, 0.25) is 0 Å². The Balaban J connectivity index is 1.58. The van der Waals surface area contributed by atoms with Crippen molar-refractivity contribution in [2.24, 2.45) is 0 Å². The average molecular weight is 324 g/mol. The summed E-state index contributed by atoms with van der Waals surface area (Å²) in [5.74, 6) is 0.152. The maximum atomic E-state index is 12.5. The monoisotopic (exact) mass is 324 g/mol. The fraction of sp³-hybridized carbons (Fsp3) is 0.688. The number of amides is 1. The van der Waals surface area contributed by atoms with Gasteiger partial charge in [0.25, 0.3) is 5.91 Å². The summed E-state index contributed by atoms with van der Waals surface area (Å²) >= 11 is 1.52. The highest BCUT2D eigenvalue weighted by molar-refractivity contribution is 7.12. The topological polar surface area (TPSA) is 42.0 Å². The summed E-state index contributed by atoms with van der Waals surface area (Å²) in [6.45, 7) is 5.86. The second-order valence-corrected chi connectivity index (χ2v) is 7.02. The molecule has 0 saturated carbocycles. The molecule has 1 amide bonds. The summed E-state index contributed by atoms with van der Waals surface area (Å²) in [6.07, 6.45) is 1.98. The molecule has 3 rings (SSSR count). The Hall–Kier alpha value is -0.950. The number of carbonyl (C=O) groups is 1. The number of thiophene rings is 1. The molecule has 122 valence electrons. The standard InChI is InChI=1S/C16H24N2O3S/c1-20-10-8-17-6-4-16(5-7-17)13-18(9-11-21-16)15(19)14-3-2-12-22-14/h2-3,12H,4-11,13H2,1H3. The number of hydrogen-bond donors (Lipinski definition) is 0. The Morgan fingerprint density at radius 3 is 2.91 bits per heavy atom. The normalized spacial score (nSPS) is 22.1. The zero-order valence-corrected chi connectivity index (χ0v) is 13.9. The van der Waals surface area contributed by atoms with Crippen molar-refractivity contribution in [3.05, 3.63) is 22.4 Å². The second-order valence-electron chi connectivity index (χ2n) is 6.07. The number of likely N-dealkylation sites (tertiary alicyclic amines) is 1. The highest BCUT2D eigenvalue weighted by atomic mass is 32.1. The van der Waals surface area contributed by atoms with E-state index >= 15 is 0 Å². The second kappa shape index (κ2) is 7.08. The minimum atomic E-state index is -0.144. The summed E-state index contributed by atoms with van der Waals surface area (Å²) in [4.78, 5) is 17.8. The van der Waals surface area contributed by atoms with Crippen molar-refractivity contribution >= 4 is 17.2 Å². The van der Waals surface area contributed by atoms with E-state index in [0.29, 0.717) is 13.2 Å². The molecule has 1 aromatic heterocycles. The van der Waals surface area contributed by atoms with Gasteiger partial charge in [0, 0.05) is 33.3 Å². The molecular formula is C16H24N2O3S. The number of hydrogen-bond acceptors (Lipinski definition) is 5. The third-order valence-electron chi connectivity index (χ3n) is 4.65. The van der Waals surface area contributed by atoms with Crippen LogP contribution in [0.25, 0.3) is 0 Å². The first kappa shape index (κ1) is 15.9. The SMILES string of the molecule is COCCN1CCC2(CC1)CN(C(=O)c1cccs1)CCO2. The number of morpholine rings is 1. The molecule has 1 aromatic rings. The highest BCUT2D eigenvalue weighted by Crippen LogP contribution is 2.31. The van der Waals surface area contributed by atoms with Crippen molar-refractivity contribution in [3.8, 4) is 0 Å². The van der Waals surface area contributed by atoms with Crippen molar-refractivity contribution in [1.82, 2.24) is 9.80 Å². The summed E-state index contributed by atoms with van der Waals surface area (Å²) < 4.78 is 11.3. The average Bonchev–Trinajstić information content (AvgIpc) is 3.08. The van der Waals surface area contributed by atoms with Crippen LogP contribution >= 0.6 is 11.3 Å². The molecule has 0 aromatic carbocycles. The molecule has 0 N–H and O–H groups in total. The van der Waals surface area contributed by atoms with E-state index in [4.69, 9.17) is 9.47 Å². The Labute approximate surface area is 135 Å². The van der Waals surface area contributed by atoms with E-state index < -0.39 is 0 Å². The molecule has 0 aliphatic carbocycles. The van der Waals surface area contributed by atoms with Crippen LogP contribution in [0.2, 0.25) is 0 Å². The van der Waals surface area contributed by atoms with Gasteiger partial charge in [0.1, 0.15) is 0 Å². The van der Waals surface area contributed by atoms with E-state index in [1.165, 1.54) is 11.3 Å². The van der Waals surface area contributed by atoms with Gasteiger partial charge in [0.15, 0.2) is 0 Å². The fourth-order valence-electron chi connectivity index (χ4n) is 3.28. The van der Waals surface area contributed by atoms with E-state index in [1.807, 2.05) is 22.4 Å². The molecule has 22 heavy (non-hydrogen) atoms. The van der Waals surface area contributed by atoms with Gasteiger partial charge in [0.05, 0.1) is 30.2 Å². The molecule has 0 radical (unpaired) electrons. The summed E-state index contributed by atoms with van der Waals surface area (Å²) in [5, 5.41) is 1.96. The number of methoxy groups -OCH3 is 1. The van der Waals surface area contributed by atoms with Crippen molar-refractivity contribution in [2.75, 3.05) is 53.0 Å². The smallest absolute Gasteiger partial charge is 0.264 e. The van der Waals surface area contributed by atoms with Gasteiger partial charge in [-0.05, 0) is 24.3 Å². The first-order chi connectivity index (χ1) is 10.7. The zero-order chi connectivity index (χ0) is 15.4. The quantitative estimate of drug-likeness (QED) is 0.845. The number of carbonyl (C=O) groups excluding carboxylic acids is 1. The highest BCUT2D eigenvalue weighted by Gasteiger charge is 2.41. The molecule has 3 heterocycles. The lowest BCUT2D eigenvalue weighted by atomic mass is 9.89. The predicted octanol–water partition coefficient (Wildman–Crippen LogP) is 1.70. The molecule has 2 saturated heterocycles. The van der Waals surface area contributed by atoms with Crippen LogP contribution in [0.5, 0.6) is 0 Å². The number of ether oxygens (including phenoxy) is 2. The maximum Gasteiger partial charge on any atom is 0.264 e. The van der Waals surface area contributed by atoms with Crippen LogP contribution in [-0.2, 0) is 9.47 Å². The first-order valence-corrected chi connectivity index (χ1v) is 8.78. The lowest BCUT2D eigenvalue weighted by Crippen LogP contribution is -2.58. The van der Waals surface area contributed by atoms with Gasteiger partial charge in [-0.3, -0.25) is 4.79 Å². The Kier molecular flexibility index (Phi) is 5.13. The molecule has 6 heteroatoms. The Morgan fingerprint density at radius 1 is 1.41 bits per heavy atom. The molecule has 2 aliphatic heterocycles. The summed E-state index contributed by atoms with van der Waals surface area (Å²) in [5.41, 5.74) is -0.144. The zero-order valence-electron chi connectivity index (χ0n) is 13.1. The minimum Gasteiger partial charge on any atom is -0.383 e. The molecule has 5 nitrogen and oxygen atoms in total. The van der Waals surface area contributed by atoms with Gasteiger partial charge >= 0.3 is 0 Å². The lowest BCUT2D eigenvalue weighted by molar-refractivity contribution is -0.127. The number of nitrogens with zero attached hydrogens (tertiary/aromatic N) is 2.